The number of ether oxygens (including phenoxy) is 1. The fourth-order valence-corrected chi connectivity index (χ4v) is 5.10. The topological polar surface area (TPSA) is 104 Å². The lowest BCUT2D eigenvalue weighted by Crippen LogP contribution is -2.41. The van der Waals surface area contributed by atoms with Gasteiger partial charge in [0, 0.05) is 30.3 Å². The lowest BCUT2D eigenvalue weighted by molar-refractivity contribution is -0.131. The van der Waals surface area contributed by atoms with Crippen LogP contribution in [0.2, 0.25) is 0 Å². The average molecular weight is 486 g/mol. The molecule has 1 aliphatic carbocycles. The van der Waals surface area contributed by atoms with E-state index in [9.17, 15) is 10.1 Å². The molecule has 186 valence electrons. The van der Waals surface area contributed by atoms with Gasteiger partial charge in [0.2, 0.25) is 11.7 Å². The van der Waals surface area contributed by atoms with Crippen molar-refractivity contribution in [2.45, 2.75) is 58.1 Å². The number of aromatic nitrogens is 2. The molecular formula is C28H31N5O3. The van der Waals surface area contributed by atoms with Gasteiger partial charge in [0.25, 0.3) is 5.89 Å². The van der Waals surface area contributed by atoms with Gasteiger partial charge in [-0.2, -0.15) is 10.2 Å². The molecule has 3 aromatic rings. The predicted molar refractivity (Wildman–Crippen MR) is 135 cm³/mol. The van der Waals surface area contributed by atoms with Gasteiger partial charge in [-0.3, -0.25) is 4.79 Å². The van der Waals surface area contributed by atoms with Gasteiger partial charge in [-0.15, -0.1) is 0 Å². The van der Waals surface area contributed by atoms with E-state index in [0.717, 1.165) is 44.3 Å². The van der Waals surface area contributed by atoms with Gasteiger partial charge >= 0.3 is 0 Å². The summed E-state index contributed by atoms with van der Waals surface area (Å²) >= 11 is 0. The molecule has 1 aliphatic heterocycles. The Morgan fingerprint density at radius 2 is 2.08 bits per heavy atom. The lowest BCUT2D eigenvalue weighted by Gasteiger charge is -2.27. The first-order chi connectivity index (χ1) is 17.5. The van der Waals surface area contributed by atoms with Crippen molar-refractivity contribution in [2.75, 3.05) is 19.6 Å². The number of likely N-dealkylation sites (tertiary alicyclic amines) is 1. The van der Waals surface area contributed by atoms with Gasteiger partial charge in [0.15, 0.2) is 0 Å². The Morgan fingerprint density at radius 1 is 1.25 bits per heavy atom. The zero-order valence-corrected chi connectivity index (χ0v) is 20.8. The molecule has 5 rings (SSSR count). The van der Waals surface area contributed by atoms with Crippen LogP contribution < -0.4 is 10.1 Å². The highest BCUT2D eigenvalue weighted by molar-refractivity contribution is 5.78. The Labute approximate surface area is 211 Å². The summed E-state index contributed by atoms with van der Waals surface area (Å²) in [5.41, 5.74) is 4.41. The highest BCUT2D eigenvalue weighted by Gasteiger charge is 2.27. The van der Waals surface area contributed by atoms with Crippen LogP contribution in [0.4, 0.5) is 0 Å². The van der Waals surface area contributed by atoms with Gasteiger partial charge in [-0.25, -0.2) is 0 Å². The van der Waals surface area contributed by atoms with Crippen LogP contribution in [0.1, 0.15) is 62.3 Å². The molecule has 1 aromatic heterocycles. The van der Waals surface area contributed by atoms with E-state index in [1.807, 2.05) is 36.9 Å². The van der Waals surface area contributed by atoms with E-state index in [2.05, 4.69) is 27.6 Å². The Bertz CT molecular complexity index is 1290. The third kappa shape index (κ3) is 4.98. The molecule has 0 bridgehead atoms. The molecule has 0 unspecified atom stereocenters. The van der Waals surface area contributed by atoms with E-state index >= 15 is 0 Å². The van der Waals surface area contributed by atoms with Crippen LogP contribution in [-0.4, -0.2) is 46.7 Å². The SMILES string of the molecule is CC(C)Oc1ccc(-c2nc(-c3cccc4c3CC[C@H]4NCC(=O)N3CCCCC3)no2)cc1C#N. The number of benzene rings is 2. The molecule has 0 spiro atoms. The van der Waals surface area contributed by atoms with Crippen LogP contribution in [0.25, 0.3) is 22.8 Å². The largest absolute Gasteiger partial charge is 0.490 e. The predicted octanol–water partition coefficient (Wildman–Crippen LogP) is 4.65. The number of nitrogens with zero attached hydrogens (tertiary/aromatic N) is 4. The minimum atomic E-state index is -0.0284. The molecule has 0 saturated carbocycles. The van der Waals surface area contributed by atoms with Gasteiger partial charge in [0.05, 0.1) is 18.2 Å². The first-order valence-electron chi connectivity index (χ1n) is 12.7. The number of fused-ring (bicyclic) bond motifs is 1. The fraction of sp³-hybridized carbons (Fsp3) is 0.429. The van der Waals surface area contributed by atoms with E-state index in [1.54, 1.807) is 12.1 Å². The van der Waals surface area contributed by atoms with Gasteiger partial charge in [-0.1, -0.05) is 23.4 Å². The summed E-state index contributed by atoms with van der Waals surface area (Å²) in [4.78, 5) is 19.2. The van der Waals surface area contributed by atoms with E-state index in [4.69, 9.17) is 9.26 Å². The highest BCUT2D eigenvalue weighted by atomic mass is 16.5. The molecule has 2 aliphatic rings. The summed E-state index contributed by atoms with van der Waals surface area (Å²) in [6.45, 7) is 5.94. The fourth-order valence-electron chi connectivity index (χ4n) is 5.10. The second kappa shape index (κ2) is 10.5. The van der Waals surface area contributed by atoms with Crippen molar-refractivity contribution in [2.24, 2.45) is 0 Å². The molecule has 8 nitrogen and oxygen atoms in total. The Balaban J connectivity index is 1.32. The van der Waals surface area contributed by atoms with Crippen LogP contribution in [0.3, 0.4) is 0 Å². The molecule has 36 heavy (non-hydrogen) atoms. The molecule has 1 atom stereocenters. The van der Waals surface area contributed by atoms with Crippen molar-refractivity contribution in [3.63, 3.8) is 0 Å². The number of nitrogens with one attached hydrogen (secondary N) is 1. The van der Waals surface area contributed by atoms with Crippen molar-refractivity contribution in [1.29, 1.82) is 5.26 Å². The lowest BCUT2D eigenvalue weighted by atomic mass is 10.0. The quantitative estimate of drug-likeness (QED) is 0.519. The summed E-state index contributed by atoms with van der Waals surface area (Å²) in [5.74, 6) is 1.60. The molecule has 2 heterocycles. The molecule has 8 heteroatoms. The number of hydrogen-bond acceptors (Lipinski definition) is 7. The van der Waals surface area contributed by atoms with Crippen LogP contribution in [0.5, 0.6) is 5.75 Å². The van der Waals surface area contributed by atoms with Crippen molar-refractivity contribution in [3.8, 4) is 34.7 Å². The second-order valence-electron chi connectivity index (χ2n) is 9.70. The third-order valence-electron chi connectivity index (χ3n) is 6.86. The van der Waals surface area contributed by atoms with Crippen molar-refractivity contribution in [1.82, 2.24) is 20.4 Å². The second-order valence-corrected chi connectivity index (χ2v) is 9.70. The minimum absolute atomic E-state index is 0.0284. The van der Waals surface area contributed by atoms with E-state index < -0.39 is 0 Å². The van der Waals surface area contributed by atoms with Crippen LogP contribution in [-0.2, 0) is 11.2 Å². The molecule has 1 fully saturated rings. The van der Waals surface area contributed by atoms with E-state index in [-0.39, 0.29) is 18.1 Å². The normalized spacial score (nSPS) is 17.2. The van der Waals surface area contributed by atoms with Gasteiger partial charge < -0.3 is 19.5 Å². The van der Waals surface area contributed by atoms with E-state index in [1.165, 1.54) is 17.5 Å². The molecule has 1 saturated heterocycles. The Morgan fingerprint density at radius 3 is 2.86 bits per heavy atom. The zero-order chi connectivity index (χ0) is 25.1. The van der Waals surface area contributed by atoms with Gasteiger partial charge in [0.1, 0.15) is 11.8 Å². The number of amides is 1. The molecular weight excluding hydrogens is 454 g/mol. The number of hydrogen-bond donors (Lipinski definition) is 1. The summed E-state index contributed by atoms with van der Waals surface area (Å²) in [7, 11) is 0. The Hall–Kier alpha value is -3.70. The van der Waals surface area contributed by atoms with Crippen molar-refractivity contribution < 1.29 is 14.1 Å². The number of carbonyl (C=O) groups excluding carboxylic acids is 1. The van der Waals surface area contributed by atoms with Crippen LogP contribution in [0, 0.1) is 11.3 Å². The van der Waals surface area contributed by atoms with Crippen LogP contribution in [0.15, 0.2) is 40.9 Å². The first kappa shape index (κ1) is 24.0. The standard InChI is InChI=1S/C28H31N5O3/c1-18(2)35-25-12-9-19(15-20(25)16-29)28-31-27(32-36-28)23-8-6-7-22-21(23)10-11-24(22)30-17-26(34)33-13-4-3-5-14-33/h6-9,12,15,18,24,30H,3-5,10-11,13-14,17H2,1-2H3/t24-/m1/s1. The number of piperidine rings is 1. The van der Waals surface area contributed by atoms with Gasteiger partial charge in [-0.05, 0) is 75.3 Å². The van der Waals surface area contributed by atoms with Crippen molar-refractivity contribution in [3.05, 3.63) is 53.1 Å². The molecule has 0 radical (unpaired) electrons. The van der Waals surface area contributed by atoms with E-state index in [0.29, 0.717) is 35.1 Å². The summed E-state index contributed by atoms with van der Waals surface area (Å²) < 4.78 is 11.3. The molecule has 1 amide bonds. The molecule has 1 N–H and O–H groups in total. The van der Waals surface area contributed by atoms with Crippen LogP contribution >= 0.6 is 0 Å². The number of rotatable bonds is 7. The summed E-state index contributed by atoms with van der Waals surface area (Å²) in [6, 6.07) is 13.7. The summed E-state index contributed by atoms with van der Waals surface area (Å²) in [6.07, 6.45) is 5.19. The summed E-state index contributed by atoms with van der Waals surface area (Å²) in [5, 5.41) is 17.3. The Kier molecular flexibility index (Phi) is 7.01. The minimum Gasteiger partial charge on any atom is -0.490 e. The highest BCUT2D eigenvalue weighted by Crippen LogP contribution is 2.37. The number of nitriles is 1. The maximum atomic E-state index is 12.6. The monoisotopic (exact) mass is 485 g/mol. The maximum Gasteiger partial charge on any atom is 0.258 e. The number of carbonyl (C=O) groups is 1. The zero-order valence-electron chi connectivity index (χ0n) is 20.8. The third-order valence-corrected chi connectivity index (χ3v) is 6.86. The molecule has 2 aromatic carbocycles. The van der Waals surface area contributed by atoms with Crippen molar-refractivity contribution >= 4 is 5.91 Å². The first-order valence-corrected chi connectivity index (χ1v) is 12.7. The average Bonchev–Trinajstić information content (AvgIpc) is 3.55. The smallest absolute Gasteiger partial charge is 0.258 e. The maximum absolute atomic E-state index is 12.6.